The van der Waals surface area contributed by atoms with E-state index in [-0.39, 0.29) is 5.91 Å². The molecule has 0 spiro atoms. The number of ether oxygens (including phenoxy) is 1. The molecule has 1 fully saturated rings. The van der Waals surface area contributed by atoms with Gasteiger partial charge in [0.15, 0.2) is 0 Å². The largest absolute Gasteiger partial charge is 0.492 e. The van der Waals surface area contributed by atoms with E-state index in [9.17, 15) is 4.79 Å². The van der Waals surface area contributed by atoms with Crippen molar-refractivity contribution in [3.05, 3.63) is 29.3 Å². The predicted molar refractivity (Wildman–Crippen MR) is 83.6 cm³/mol. The first kappa shape index (κ1) is 16.1. The van der Waals surface area contributed by atoms with Crippen LogP contribution in [0.3, 0.4) is 0 Å². The van der Waals surface area contributed by atoms with E-state index in [1.54, 1.807) is 6.92 Å². The van der Waals surface area contributed by atoms with Crippen LogP contribution in [0.2, 0.25) is 5.02 Å². The number of amides is 1. The Bertz CT molecular complexity index is 456. The molecule has 1 aromatic rings. The molecule has 116 valence electrons. The topological polar surface area (TPSA) is 58.8 Å². The molecule has 2 rings (SSSR count). The summed E-state index contributed by atoms with van der Waals surface area (Å²) in [7, 11) is 0. The Hall–Kier alpha value is -1.30. The van der Waals surface area contributed by atoms with Gasteiger partial charge in [0.05, 0.1) is 6.04 Å². The van der Waals surface area contributed by atoms with Gasteiger partial charge in [-0.1, -0.05) is 11.6 Å². The minimum atomic E-state index is -0.412. The predicted octanol–water partition coefficient (Wildman–Crippen LogP) is 1.21. The van der Waals surface area contributed by atoms with Gasteiger partial charge in [0.2, 0.25) is 5.91 Å². The molecule has 5 nitrogen and oxygen atoms in total. The number of nitrogens with two attached hydrogens (primary N) is 1. The van der Waals surface area contributed by atoms with E-state index in [1.165, 1.54) is 0 Å². The van der Waals surface area contributed by atoms with Crippen molar-refractivity contribution in [3.63, 3.8) is 0 Å². The highest BCUT2D eigenvalue weighted by Gasteiger charge is 2.22. The first-order valence-electron chi connectivity index (χ1n) is 7.21. The fraction of sp³-hybridized carbons (Fsp3) is 0.533. The maximum absolute atomic E-state index is 11.8. The van der Waals surface area contributed by atoms with Crippen molar-refractivity contribution in [1.29, 1.82) is 0 Å². The summed E-state index contributed by atoms with van der Waals surface area (Å²) in [5.41, 5.74) is 5.62. The minimum absolute atomic E-state index is 0.0343. The normalized spacial score (nSPS) is 17.6. The van der Waals surface area contributed by atoms with Gasteiger partial charge in [-0.3, -0.25) is 9.69 Å². The summed E-state index contributed by atoms with van der Waals surface area (Å²) < 4.78 is 5.68. The fourth-order valence-electron chi connectivity index (χ4n) is 2.30. The van der Waals surface area contributed by atoms with E-state index >= 15 is 0 Å². The van der Waals surface area contributed by atoms with Gasteiger partial charge in [-0.25, -0.2) is 0 Å². The molecule has 0 aliphatic carbocycles. The first-order chi connectivity index (χ1) is 10.1. The lowest BCUT2D eigenvalue weighted by Gasteiger charge is -2.35. The van der Waals surface area contributed by atoms with Crippen LogP contribution < -0.4 is 10.5 Å². The standard InChI is InChI=1S/C15H22ClN3O2/c1-12(17)15(20)19-8-6-18(7-9-19)10-11-21-14-4-2-13(16)3-5-14/h2-5,12H,6-11,17H2,1H3/t12-/m1/s1. The van der Waals surface area contributed by atoms with Crippen LogP contribution in [0.5, 0.6) is 5.75 Å². The molecule has 1 aliphatic rings. The highest BCUT2D eigenvalue weighted by molar-refractivity contribution is 6.30. The van der Waals surface area contributed by atoms with E-state index in [0.717, 1.165) is 38.5 Å². The van der Waals surface area contributed by atoms with Gasteiger partial charge in [-0.15, -0.1) is 0 Å². The average Bonchev–Trinajstić information content (AvgIpc) is 2.49. The van der Waals surface area contributed by atoms with Gasteiger partial charge in [0.1, 0.15) is 12.4 Å². The molecule has 1 atom stereocenters. The zero-order valence-electron chi connectivity index (χ0n) is 12.3. The molecule has 0 aromatic heterocycles. The van der Waals surface area contributed by atoms with Crippen LogP contribution in [0.25, 0.3) is 0 Å². The molecular weight excluding hydrogens is 290 g/mol. The third kappa shape index (κ3) is 4.88. The van der Waals surface area contributed by atoms with Gasteiger partial charge in [-0.2, -0.15) is 0 Å². The maximum Gasteiger partial charge on any atom is 0.239 e. The average molecular weight is 312 g/mol. The van der Waals surface area contributed by atoms with Crippen molar-refractivity contribution in [2.45, 2.75) is 13.0 Å². The van der Waals surface area contributed by atoms with Crippen LogP contribution in [0.15, 0.2) is 24.3 Å². The number of carbonyl (C=O) groups excluding carboxylic acids is 1. The van der Waals surface area contributed by atoms with Crippen molar-refractivity contribution in [3.8, 4) is 5.75 Å². The fourth-order valence-corrected chi connectivity index (χ4v) is 2.43. The smallest absolute Gasteiger partial charge is 0.239 e. The summed E-state index contributed by atoms with van der Waals surface area (Å²) in [5, 5.41) is 0.706. The zero-order chi connectivity index (χ0) is 15.2. The van der Waals surface area contributed by atoms with Crippen LogP contribution in [-0.2, 0) is 4.79 Å². The molecule has 1 heterocycles. The van der Waals surface area contributed by atoms with E-state index < -0.39 is 6.04 Å². The monoisotopic (exact) mass is 311 g/mol. The molecule has 0 radical (unpaired) electrons. The molecule has 1 aromatic carbocycles. The minimum Gasteiger partial charge on any atom is -0.492 e. The van der Waals surface area contributed by atoms with Crippen molar-refractivity contribution in [1.82, 2.24) is 9.80 Å². The summed E-state index contributed by atoms with van der Waals surface area (Å²) in [5.74, 6) is 0.859. The van der Waals surface area contributed by atoms with Crippen LogP contribution >= 0.6 is 11.6 Å². The Morgan fingerprint density at radius 2 is 1.90 bits per heavy atom. The lowest BCUT2D eigenvalue weighted by molar-refractivity contribution is -0.133. The number of rotatable bonds is 5. The zero-order valence-corrected chi connectivity index (χ0v) is 13.1. The molecule has 0 saturated carbocycles. The van der Waals surface area contributed by atoms with E-state index in [2.05, 4.69) is 4.90 Å². The van der Waals surface area contributed by atoms with Crippen molar-refractivity contribution in [2.24, 2.45) is 5.73 Å². The summed E-state index contributed by atoms with van der Waals surface area (Å²) in [6, 6.07) is 6.94. The van der Waals surface area contributed by atoms with Crippen molar-refractivity contribution < 1.29 is 9.53 Å². The highest BCUT2D eigenvalue weighted by Crippen LogP contribution is 2.15. The third-order valence-electron chi connectivity index (χ3n) is 3.56. The number of hydrogen-bond donors (Lipinski definition) is 1. The molecule has 1 saturated heterocycles. The van der Waals surface area contributed by atoms with Gasteiger partial charge in [0, 0.05) is 37.7 Å². The van der Waals surface area contributed by atoms with Crippen LogP contribution in [0.4, 0.5) is 0 Å². The SMILES string of the molecule is C[C@@H](N)C(=O)N1CCN(CCOc2ccc(Cl)cc2)CC1. The summed E-state index contributed by atoms with van der Waals surface area (Å²) in [4.78, 5) is 15.9. The van der Waals surface area contributed by atoms with E-state index in [0.29, 0.717) is 11.6 Å². The van der Waals surface area contributed by atoms with Crippen LogP contribution in [0, 0.1) is 0 Å². The number of carbonyl (C=O) groups is 1. The first-order valence-corrected chi connectivity index (χ1v) is 7.59. The molecule has 0 bridgehead atoms. The van der Waals surface area contributed by atoms with Gasteiger partial charge in [-0.05, 0) is 31.2 Å². The number of nitrogens with zero attached hydrogens (tertiary/aromatic N) is 2. The van der Waals surface area contributed by atoms with Crippen molar-refractivity contribution >= 4 is 17.5 Å². The summed E-state index contributed by atoms with van der Waals surface area (Å²) >= 11 is 5.82. The van der Waals surface area contributed by atoms with Gasteiger partial charge >= 0.3 is 0 Å². The number of halogens is 1. The van der Waals surface area contributed by atoms with Gasteiger partial charge < -0.3 is 15.4 Å². The molecule has 0 unspecified atom stereocenters. The number of hydrogen-bond acceptors (Lipinski definition) is 4. The summed E-state index contributed by atoms with van der Waals surface area (Å²) in [6.45, 7) is 6.41. The Labute approximate surface area is 130 Å². The third-order valence-corrected chi connectivity index (χ3v) is 3.82. The van der Waals surface area contributed by atoms with Crippen LogP contribution in [-0.4, -0.2) is 61.1 Å². The molecule has 6 heteroatoms. The highest BCUT2D eigenvalue weighted by atomic mass is 35.5. The second kappa shape index (κ2) is 7.64. The second-order valence-corrected chi connectivity index (χ2v) is 5.69. The maximum atomic E-state index is 11.8. The lowest BCUT2D eigenvalue weighted by atomic mass is 10.2. The molecule has 21 heavy (non-hydrogen) atoms. The Morgan fingerprint density at radius 3 is 2.48 bits per heavy atom. The molecule has 1 amide bonds. The van der Waals surface area contributed by atoms with Gasteiger partial charge in [0.25, 0.3) is 0 Å². The van der Waals surface area contributed by atoms with Crippen LogP contribution in [0.1, 0.15) is 6.92 Å². The Kier molecular flexibility index (Phi) is 5.85. The Balaban J connectivity index is 1.67. The second-order valence-electron chi connectivity index (χ2n) is 5.26. The quantitative estimate of drug-likeness (QED) is 0.888. The molecular formula is C15H22ClN3O2. The Morgan fingerprint density at radius 1 is 1.29 bits per heavy atom. The summed E-state index contributed by atoms with van der Waals surface area (Å²) in [6.07, 6.45) is 0. The molecule has 1 aliphatic heterocycles. The van der Waals surface area contributed by atoms with E-state index in [1.807, 2.05) is 29.2 Å². The number of piperazine rings is 1. The molecule has 2 N–H and O–H groups in total. The number of benzene rings is 1. The van der Waals surface area contributed by atoms with E-state index in [4.69, 9.17) is 22.1 Å². The van der Waals surface area contributed by atoms with Crippen molar-refractivity contribution in [2.75, 3.05) is 39.3 Å². The lowest BCUT2D eigenvalue weighted by Crippen LogP contribution is -2.53.